The molecule has 158 valence electrons. The van der Waals surface area contributed by atoms with E-state index in [4.69, 9.17) is 9.47 Å². The van der Waals surface area contributed by atoms with Crippen molar-refractivity contribution in [1.82, 2.24) is 19.7 Å². The second-order valence-electron chi connectivity index (χ2n) is 6.96. The van der Waals surface area contributed by atoms with Gasteiger partial charge in [0, 0.05) is 26.2 Å². The fraction of sp³-hybridized carbons (Fsp3) is 0.318. The van der Waals surface area contributed by atoms with Crippen LogP contribution in [-0.2, 0) is 18.4 Å². The smallest absolute Gasteiger partial charge is 0.233 e. The van der Waals surface area contributed by atoms with E-state index in [1.165, 1.54) is 11.8 Å². The predicted molar refractivity (Wildman–Crippen MR) is 118 cm³/mol. The number of carbonyl (C=O) groups is 1. The largest absolute Gasteiger partial charge is 0.493 e. The third-order valence-corrected chi connectivity index (χ3v) is 5.73. The fourth-order valence-corrected chi connectivity index (χ4v) is 3.91. The summed E-state index contributed by atoms with van der Waals surface area (Å²) in [5.74, 6) is 2.39. The van der Waals surface area contributed by atoms with Crippen LogP contribution in [0.1, 0.15) is 11.1 Å². The standard InChI is InChI=1S/C22H26N4O3S/c1-15-7-6-8-17(11-15)21-23-24-22(26(21)3)30-14-20(27)25(2)13-16-9-10-18(28-4)19(12-16)29-5/h6-12H,13-14H2,1-5H3. The average molecular weight is 427 g/mol. The molecule has 1 amide bonds. The van der Waals surface area contributed by atoms with E-state index in [1.54, 1.807) is 26.2 Å². The number of ether oxygens (including phenoxy) is 2. The number of amides is 1. The van der Waals surface area contributed by atoms with Crippen molar-refractivity contribution in [1.29, 1.82) is 0 Å². The lowest BCUT2D eigenvalue weighted by Gasteiger charge is -2.18. The maximum Gasteiger partial charge on any atom is 0.233 e. The lowest BCUT2D eigenvalue weighted by atomic mass is 10.1. The number of nitrogens with zero attached hydrogens (tertiary/aromatic N) is 4. The number of carbonyl (C=O) groups excluding carboxylic acids is 1. The number of aryl methyl sites for hydroxylation is 1. The molecule has 0 unspecified atom stereocenters. The second kappa shape index (κ2) is 9.67. The van der Waals surface area contributed by atoms with Crippen molar-refractivity contribution >= 4 is 17.7 Å². The van der Waals surface area contributed by atoms with Gasteiger partial charge in [-0.2, -0.15) is 0 Å². The number of rotatable bonds is 8. The third-order valence-electron chi connectivity index (χ3n) is 4.73. The molecule has 0 fully saturated rings. The quantitative estimate of drug-likeness (QED) is 0.513. The molecule has 0 spiro atoms. The summed E-state index contributed by atoms with van der Waals surface area (Å²) in [5.41, 5.74) is 3.14. The molecule has 0 saturated carbocycles. The molecule has 0 saturated heterocycles. The Morgan fingerprint density at radius 3 is 2.57 bits per heavy atom. The number of benzene rings is 2. The molecule has 0 N–H and O–H groups in total. The van der Waals surface area contributed by atoms with Gasteiger partial charge in [0.2, 0.25) is 5.91 Å². The molecule has 0 radical (unpaired) electrons. The van der Waals surface area contributed by atoms with E-state index in [9.17, 15) is 4.79 Å². The zero-order valence-electron chi connectivity index (χ0n) is 17.9. The van der Waals surface area contributed by atoms with E-state index < -0.39 is 0 Å². The number of hydrogen-bond donors (Lipinski definition) is 0. The predicted octanol–water partition coefficient (Wildman–Crippen LogP) is 3.56. The minimum atomic E-state index is 0.00916. The zero-order valence-corrected chi connectivity index (χ0v) is 18.7. The van der Waals surface area contributed by atoms with Crippen LogP contribution in [0, 0.1) is 6.92 Å². The zero-order chi connectivity index (χ0) is 21.7. The molecule has 3 aromatic rings. The van der Waals surface area contributed by atoms with Crippen molar-refractivity contribution < 1.29 is 14.3 Å². The molecule has 1 heterocycles. The summed E-state index contributed by atoms with van der Waals surface area (Å²) in [4.78, 5) is 14.3. The first-order valence-corrected chi connectivity index (χ1v) is 10.5. The Morgan fingerprint density at radius 2 is 1.87 bits per heavy atom. The molecule has 0 aliphatic rings. The minimum Gasteiger partial charge on any atom is -0.493 e. The maximum absolute atomic E-state index is 12.6. The highest BCUT2D eigenvalue weighted by atomic mass is 32.2. The first kappa shape index (κ1) is 21.7. The van der Waals surface area contributed by atoms with Crippen molar-refractivity contribution in [2.75, 3.05) is 27.0 Å². The summed E-state index contributed by atoms with van der Waals surface area (Å²) in [5, 5.41) is 9.26. The SMILES string of the molecule is COc1ccc(CN(C)C(=O)CSc2nnc(-c3cccc(C)c3)n2C)cc1OC. The van der Waals surface area contributed by atoms with Crippen LogP contribution >= 0.6 is 11.8 Å². The van der Waals surface area contributed by atoms with Gasteiger partial charge in [0.1, 0.15) is 0 Å². The Morgan fingerprint density at radius 1 is 1.10 bits per heavy atom. The van der Waals surface area contributed by atoms with Gasteiger partial charge in [-0.25, -0.2) is 0 Å². The molecule has 0 aliphatic heterocycles. The highest BCUT2D eigenvalue weighted by Gasteiger charge is 2.16. The normalized spacial score (nSPS) is 10.7. The van der Waals surface area contributed by atoms with Crippen LogP contribution in [0.5, 0.6) is 11.5 Å². The topological polar surface area (TPSA) is 69.5 Å². The Bertz CT molecular complexity index is 1030. The number of aromatic nitrogens is 3. The summed E-state index contributed by atoms with van der Waals surface area (Å²) < 4.78 is 12.5. The van der Waals surface area contributed by atoms with Crippen LogP contribution in [0.15, 0.2) is 47.6 Å². The minimum absolute atomic E-state index is 0.00916. The van der Waals surface area contributed by atoms with E-state index in [-0.39, 0.29) is 11.7 Å². The van der Waals surface area contributed by atoms with Gasteiger partial charge >= 0.3 is 0 Å². The van der Waals surface area contributed by atoms with Crippen molar-refractivity contribution in [3.8, 4) is 22.9 Å². The summed E-state index contributed by atoms with van der Waals surface area (Å²) in [7, 11) is 6.90. The first-order chi connectivity index (χ1) is 14.4. The molecule has 7 nitrogen and oxygen atoms in total. The Hall–Kier alpha value is -3.00. The average Bonchev–Trinajstić information content (AvgIpc) is 3.12. The van der Waals surface area contributed by atoms with Crippen LogP contribution < -0.4 is 9.47 Å². The molecule has 1 aromatic heterocycles. The lowest BCUT2D eigenvalue weighted by Crippen LogP contribution is -2.27. The summed E-state index contributed by atoms with van der Waals surface area (Å²) in [6.45, 7) is 2.52. The third kappa shape index (κ3) is 4.94. The van der Waals surface area contributed by atoms with Crippen molar-refractivity contribution in [3.05, 3.63) is 53.6 Å². The molecule has 30 heavy (non-hydrogen) atoms. The van der Waals surface area contributed by atoms with Crippen LogP contribution in [0.25, 0.3) is 11.4 Å². The van der Waals surface area contributed by atoms with Crippen LogP contribution in [0.3, 0.4) is 0 Å². The van der Waals surface area contributed by atoms with E-state index in [1.807, 2.05) is 54.9 Å². The highest BCUT2D eigenvalue weighted by molar-refractivity contribution is 7.99. The summed E-state index contributed by atoms with van der Waals surface area (Å²) in [6, 6.07) is 13.8. The molecule has 0 bridgehead atoms. The van der Waals surface area contributed by atoms with Gasteiger partial charge in [0.25, 0.3) is 0 Å². The maximum atomic E-state index is 12.6. The molecule has 0 aliphatic carbocycles. The number of thioether (sulfide) groups is 1. The van der Waals surface area contributed by atoms with Gasteiger partial charge in [-0.3, -0.25) is 4.79 Å². The molecular weight excluding hydrogens is 400 g/mol. The number of hydrogen-bond acceptors (Lipinski definition) is 6. The van der Waals surface area contributed by atoms with Gasteiger partial charge in [-0.15, -0.1) is 10.2 Å². The van der Waals surface area contributed by atoms with Gasteiger partial charge in [-0.1, -0.05) is 41.6 Å². The van der Waals surface area contributed by atoms with E-state index in [0.717, 1.165) is 22.5 Å². The Labute approximate surface area is 181 Å². The molecule has 2 aromatic carbocycles. The second-order valence-corrected chi connectivity index (χ2v) is 7.90. The van der Waals surface area contributed by atoms with Crippen LogP contribution in [-0.4, -0.2) is 52.6 Å². The number of methoxy groups -OCH3 is 2. The summed E-state index contributed by atoms with van der Waals surface area (Å²) >= 11 is 1.38. The monoisotopic (exact) mass is 426 g/mol. The van der Waals surface area contributed by atoms with Crippen molar-refractivity contribution in [3.63, 3.8) is 0 Å². The van der Waals surface area contributed by atoms with Crippen LogP contribution in [0.4, 0.5) is 0 Å². The molecule has 3 rings (SSSR count). The Kier molecular flexibility index (Phi) is 6.99. The van der Waals surface area contributed by atoms with Crippen LogP contribution in [0.2, 0.25) is 0 Å². The van der Waals surface area contributed by atoms with E-state index in [0.29, 0.717) is 23.2 Å². The van der Waals surface area contributed by atoms with Crippen molar-refractivity contribution in [2.45, 2.75) is 18.6 Å². The lowest BCUT2D eigenvalue weighted by molar-refractivity contribution is -0.127. The molecule has 0 atom stereocenters. The highest BCUT2D eigenvalue weighted by Crippen LogP contribution is 2.28. The molecular formula is C22H26N4O3S. The Balaban J connectivity index is 1.62. The van der Waals surface area contributed by atoms with E-state index in [2.05, 4.69) is 16.3 Å². The summed E-state index contributed by atoms with van der Waals surface area (Å²) in [6.07, 6.45) is 0. The van der Waals surface area contributed by atoms with Gasteiger partial charge < -0.3 is 18.9 Å². The first-order valence-electron chi connectivity index (χ1n) is 9.47. The van der Waals surface area contributed by atoms with Gasteiger partial charge in [0.15, 0.2) is 22.5 Å². The van der Waals surface area contributed by atoms with Gasteiger partial charge in [0.05, 0.1) is 20.0 Å². The van der Waals surface area contributed by atoms with Gasteiger partial charge in [-0.05, 0) is 30.7 Å². The van der Waals surface area contributed by atoms with E-state index >= 15 is 0 Å². The van der Waals surface area contributed by atoms with Crippen molar-refractivity contribution in [2.24, 2.45) is 7.05 Å². The molecule has 8 heteroatoms. The fourth-order valence-electron chi connectivity index (χ4n) is 3.05.